The fourth-order valence-corrected chi connectivity index (χ4v) is 2.85. The third-order valence-corrected chi connectivity index (χ3v) is 4.32. The third-order valence-electron chi connectivity index (χ3n) is 4.07. The minimum absolute atomic E-state index is 0.515. The lowest BCUT2D eigenvalue weighted by Crippen LogP contribution is -2.28. The van der Waals surface area contributed by atoms with Gasteiger partial charge < -0.3 is 10.2 Å². The van der Waals surface area contributed by atoms with E-state index in [2.05, 4.69) is 66.8 Å². The largest absolute Gasteiger partial charge is 0.315 e. The van der Waals surface area contributed by atoms with E-state index in [1.165, 1.54) is 11.1 Å². The Balaban J connectivity index is 1.95. The molecular weight excluding hydrogens is 304 g/mol. The molecule has 1 N–H and O–H groups in total. The fourth-order valence-electron chi connectivity index (χ4n) is 2.72. The smallest absolute Gasteiger partial charge is 0.0406 e. The van der Waals surface area contributed by atoms with Gasteiger partial charge in [-0.2, -0.15) is 0 Å². The van der Waals surface area contributed by atoms with Crippen LogP contribution in [0.1, 0.15) is 23.5 Å². The molecule has 0 amide bonds. The van der Waals surface area contributed by atoms with Gasteiger partial charge in [0.15, 0.2) is 0 Å². The van der Waals surface area contributed by atoms with Gasteiger partial charge in [0.05, 0.1) is 0 Å². The number of nitrogens with one attached hydrogen (secondary N) is 1. The van der Waals surface area contributed by atoms with E-state index in [0.717, 1.165) is 37.5 Å². The minimum atomic E-state index is 0.515. The van der Waals surface area contributed by atoms with Gasteiger partial charge in [0.2, 0.25) is 0 Å². The lowest BCUT2D eigenvalue weighted by atomic mass is 9.89. The molecule has 2 nitrogen and oxygen atoms in total. The molecule has 0 unspecified atom stereocenters. The molecule has 0 bridgehead atoms. The minimum Gasteiger partial charge on any atom is -0.315 e. The highest BCUT2D eigenvalue weighted by Crippen LogP contribution is 2.25. The Morgan fingerprint density at radius 3 is 2.30 bits per heavy atom. The summed E-state index contributed by atoms with van der Waals surface area (Å²) >= 11 is 6.03. The summed E-state index contributed by atoms with van der Waals surface area (Å²) in [5, 5.41) is 4.35. The number of benzene rings is 2. The van der Waals surface area contributed by atoms with E-state index in [0.29, 0.717) is 5.92 Å². The standard InChI is InChI=1S/C20H27ClN2/c1-23(2)15-14-22-13-12-19(16-17-6-4-3-5-7-17)18-8-10-20(21)11-9-18/h3-11,19,22H,12-16H2,1-2H3/t19-/m0/s1. The second kappa shape index (κ2) is 9.71. The molecule has 0 fully saturated rings. The van der Waals surface area contributed by atoms with E-state index in [-0.39, 0.29) is 0 Å². The van der Waals surface area contributed by atoms with Gasteiger partial charge >= 0.3 is 0 Å². The number of halogens is 1. The van der Waals surface area contributed by atoms with E-state index < -0.39 is 0 Å². The van der Waals surface area contributed by atoms with Gasteiger partial charge in [0, 0.05) is 18.1 Å². The Morgan fingerprint density at radius 2 is 1.65 bits per heavy atom. The van der Waals surface area contributed by atoms with Gasteiger partial charge in [-0.25, -0.2) is 0 Å². The highest BCUT2D eigenvalue weighted by molar-refractivity contribution is 6.30. The Morgan fingerprint density at radius 1 is 0.957 bits per heavy atom. The zero-order chi connectivity index (χ0) is 16.5. The quantitative estimate of drug-likeness (QED) is 0.693. The number of rotatable bonds is 9. The van der Waals surface area contributed by atoms with Gasteiger partial charge in [0.25, 0.3) is 0 Å². The zero-order valence-corrected chi connectivity index (χ0v) is 14.9. The maximum Gasteiger partial charge on any atom is 0.0406 e. The van der Waals surface area contributed by atoms with Crippen LogP contribution < -0.4 is 5.32 Å². The monoisotopic (exact) mass is 330 g/mol. The Kier molecular flexibility index (Phi) is 7.60. The number of nitrogens with zero attached hydrogens (tertiary/aromatic N) is 1. The van der Waals surface area contributed by atoms with E-state index >= 15 is 0 Å². The predicted octanol–water partition coefficient (Wildman–Crippen LogP) is 4.21. The first-order chi connectivity index (χ1) is 11.1. The summed E-state index contributed by atoms with van der Waals surface area (Å²) in [5.74, 6) is 0.515. The van der Waals surface area contributed by atoms with Gasteiger partial charge in [-0.05, 0) is 62.7 Å². The van der Waals surface area contributed by atoms with Crippen LogP contribution in [0.5, 0.6) is 0 Å². The molecule has 0 aliphatic rings. The number of hydrogen-bond acceptors (Lipinski definition) is 2. The Labute approximate surface area is 145 Å². The first kappa shape index (κ1) is 18.0. The van der Waals surface area contributed by atoms with E-state index in [4.69, 9.17) is 11.6 Å². The first-order valence-electron chi connectivity index (χ1n) is 8.30. The van der Waals surface area contributed by atoms with Crippen molar-refractivity contribution in [2.75, 3.05) is 33.7 Å². The normalized spacial score (nSPS) is 12.5. The van der Waals surface area contributed by atoms with Crippen molar-refractivity contribution in [1.82, 2.24) is 10.2 Å². The van der Waals surface area contributed by atoms with Gasteiger partial charge in [-0.3, -0.25) is 0 Å². The average Bonchev–Trinajstić information content (AvgIpc) is 2.55. The molecular formula is C20H27ClN2. The molecule has 124 valence electrons. The van der Waals surface area contributed by atoms with Crippen molar-refractivity contribution >= 4 is 11.6 Å². The number of hydrogen-bond donors (Lipinski definition) is 1. The molecule has 3 heteroatoms. The Bertz CT molecular complexity index is 552. The van der Waals surface area contributed by atoms with E-state index in [1.54, 1.807) is 0 Å². The van der Waals surface area contributed by atoms with E-state index in [9.17, 15) is 0 Å². The summed E-state index contributed by atoms with van der Waals surface area (Å²) in [6.07, 6.45) is 2.20. The summed E-state index contributed by atoms with van der Waals surface area (Å²) in [4.78, 5) is 2.20. The molecule has 0 aliphatic carbocycles. The second-order valence-corrected chi connectivity index (χ2v) is 6.72. The molecule has 0 saturated heterocycles. The van der Waals surface area contributed by atoms with Crippen molar-refractivity contribution in [3.63, 3.8) is 0 Å². The molecule has 0 aromatic heterocycles. The SMILES string of the molecule is CN(C)CCNCC[C@@H](Cc1ccccc1)c1ccc(Cl)cc1. The van der Waals surface area contributed by atoms with Crippen LogP contribution in [-0.4, -0.2) is 38.6 Å². The van der Waals surface area contributed by atoms with Crippen LogP contribution in [0, 0.1) is 0 Å². The summed E-state index contributed by atoms with van der Waals surface area (Å²) in [5.41, 5.74) is 2.76. The molecule has 0 radical (unpaired) electrons. The summed E-state index contributed by atoms with van der Waals surface area (Å²) in [7, 11) is 4.21. The molecule has 23 heavy (non-hydrogen) atoms. The average molecular weight is 331 g/mol. The molecule has 2 aromatic carbocycles. The highest BCUT2D eigenvalue weighted by atomic mass is 35.5. The van der Waals surface area contributed by atoms with Crippen LogP contribution in [0.3, 0.4) is 0 Å². The topological polar surface area (TPSA) is 15.3 Å². The van der Waals surface area contributed by atoms with Gasteiger partial charge in [-0.1, -0.05) is 54.1 Å². The Hall–Kier alpha value is -1.35. The summed E-state index contributed by atoms with van der Waals surface area (Å²) in [6.45, 7) is 3.14. The molecule has 0 heterocycles. The maximum atomic E-state index is 6.03. The van der Waals surface area contributed by atoms with E-state index in [1.807, 2.05) is 12.1 Å². The fraction of sp³-hybridized carbons (Fsp3) is 0.400. The van der Waals surface area contributed by atoms with Crippen molar-refractivity contribution in [2.45, 2.75) is 18.8 Å². The molecule has 1 atom stereocenters. The third kappa shape index (κ3) is 6.74. The highest BCUT2D eigenvalue weighted by Gasteiger charge is 2.12. The molecule has 0 saturated carbocycles. The lowest BCUT2D eigenvalue weighted by Gasteiger charge is -2.19. The molecule has 0 aliphatic heterocycles. The molecule has 2 aromatic rings. The first-order valence-corrected chi connectivity index (χ1v) is 8.68. The van der Waals surface area contributed by atoms with Crippen molar-refractivity contribution in [3.05, 3.63) is 70.7 Å². The summed E-state index contributed by atoms with van der Waals surface area (Å²) in [6, 6.07) is 19.0. The van der Waals surface area contributed by atoms with Crippen LogP contribution in [0.15, 0.2) is 54.6 Å². The lowest BCUT2D eigenvalue weighted by molar-refractivity contribution is 0.397. The number of likely N-dealkylation sites (N-methyl/N-ethyl adjacent to an activating group) is 1. The van der Waals surface area contributed by atoms with Crippen LogP contribution in [-0.2, 0) is 6.42 Å². The molecule has 0 spiro atoms. The van der Waals surface area contributed by atoms with Crippen LogP contribution in [0.2, 0.25) is 5.02 Å². The maximum absolute atomic E-state index is 6.03. The zero-order valence-electron chi connectivity index (χ0n) is 14.1. The predicted molar refractivity (Wildman–Crippen MR) is 100 cm³/mol. The molecule has 2 rings (SSSR count). The van der Waals surface area contributed by atoms with Crippen molar-refractivity contribution in [2.24, 2.45) is 0 Å². The second-order valence-electron chi connectivity index (χ2n) is 6.28. The summed E-state index contributed by atoms with van der Waals surface area (Å²) < 4.78 is 0. The van der Waals surface area contributed by atoms with Gasteiger partial charge in [0.1, 0.15) is 0 Å². The van der Waals surface area contributed by atoms with Crippen LogP contribution in [0.25, 0.3) is 0 Å². The van der Waals surface area contributed by atoms with Gasteiger partial charge in [-0.15, -0.1) is 0 Å². The van der Waals surface area contributed by atoms with Crippen molar-refractivity contribution in [3.8, 4) is 0 Å². The van der Waals surface area contributed by atoms with Crippen molar-refractivity contribution in [1.29, 1.82) is 0 Å². The van der Waals surface area contributed by atoms with Crippen LogP contribution in [0.4, 0.5) is 0 Å². The van der Waals surface area contributed by atoms with Crippen LogP contribution >= 0.6 is 11.6 Å². The van der Waals surface area contributed by atoms with Crippen molar-refractivity contribution < 1.29 is 0 Å².